The van der Waals surface area contributed by atoms with Crippen molar-refractivity contribution >= 4 is 10.0 Å². The number of aromatic nitrogens is 1. The van der Waals surface area contributed by atoms with Gasteiger partial charge in [-0.25, -0.2) is 12.7 Å². The number of hydrogen-bond donors (Lipinski definition) is 0. The molecule has 0 N–H and O–H groups in total. The minimum absolute atomic E-state index is 0.0810. The normalized spacial score (nSPS) is 25.0. The highest BCUT2D eigenvalue weighted by Gasteiger charge is 2.44. The third-order valence-corrected chi connectivity index (χ3v) is 6.68. The van der Waals surface area contributed by atoms with Gasteiger partial charge in [0.15, 0.2) is 0 Å². The van der Waals surface area contributed by atoms with E-state index in [0.29, 0.717) is 26.3 Å². The number of nitrogens with zero attached hydrogens (tertiary/aromatic N) is 2. The third-order valence-electron chi connectivity index (χ3n) is 4.80. The molecule has 1 atom stereocenters. The summed E-state index contributed by atoms with van der Waals surface area (Å²) in [5.41, 5.74) is 0.896. The van der Waals surface area contributed by atoms with Crippen molar-refractivity contribution in [3.63, 3.8) is 0 Å². The molecule has 0 unspecified atom stereocenters. The predicted molar refractivity (Wildman–Crippen MR) is 86.4 cm³/mol. The molecule has 2 fully saturated rings. The molecule has 0 amide bonds. The zero-order chi connectivity index (χ0) is 16.3. The first-order chi connectivity index (χ1) is 11.0. The lowest BCUT2D eigenvalue weighted by atomic mass is 9.89. The first-order valence-corrected chi connectivity index (χ1v) is 9.76. The Morgan fingerprint density at radius 3 is 2.70 bits per heavy atom. The molecule has 1 aromatic rings. The molecule has 1 spiro atoms. The molecule has 0 bridgehead atoms. The molecule has 6 nitrogen and oxygen atoms in total. The second kappa shape index (κ2) is 6.84. The van der Waals surface area contributed by atoms with Crippen molar-refractivity contribution in [1.29, 1.82) is 0 Å². The predicted octanol–water partition coefficient (Wildman–Crippen LogP) is 1.57. The molecule has 1 aromatic heterocycles. The van der Waals surface area contributed by atoms with Crippen molar-refractivity contribution in [2.75, 3.05) is 25.4 Å². The van der Waals surface area contributed by atoms with Crippen LogP contribution in [0.1, 0.15) is 31.7 Å². The van der Waals surface area contributed by atoms with Gasteiger partial charge in [0.05, 0.1) is 30.7 Å². The van der Waals surface area contributed by atoms with Crippen LogP contribution in [0.25, 0.3) is 0 Å². The number of hydrogen-bond acceptors (Lipinski definition) is 5. The van der Waals surface area contributed by atoms with Crippen molar-refractivity contribution in [2.45, 2.75) is 44.5 Å². The Morgan fingerprint density at radius 2 is 2.04 bits per heavy atom. The molecule has 0 aliphatic carbocycles. The number of pyridine rings is 1. The molecule has 2 aliphatic heterocycles. The van der Waals surface area contributed by atoms with Crippen LogP contribution in [0.15, 0.2) is 24.5 Å². The SMILES string of the molecule is CCS(=O)(=O)N1CCC2(CC1)C[C@@H](OCc1ccncc1)CO2. The molecule has 0 aromatic carbocycles. The van der Waals surface area contributed by atoms with Crippen LogP contribution in [-0.2, 0) is 26.1 Å². The standard InChI is InChI=1S/C16H24N2O4S/c1-2-23(19,20)18-9-5-16(6-10-18)11-15(13-22-16)21-12-14-3-7-17-8-4-14/h3-4,7-8,15H,2,5-6,9-13H2,1H3/t15-/m1/s1. The quantitative estimate of drug-likeness (QED) is 0.814. The highest BCUT2D eigenvalue weighted by Crippen LogP contribution is 2.37. The fourth-order valence-corrected chi connectivity index (χ4v) is 4.41. The average Bonchev–Trinajstić information content (AvgIpc) is 2.97. The third kappa shape index (κ3) is 3.91. The number of ether oxygens (including phenoxy) is 2. The van der Waals surface area contributed by atoms with Gasteiger partial charge in [0.25, 0.3) is 0 Å². The van der Waals surface area contributed by atoms with E-state index in [4.69, 9.17) is 9.47 Å². The number of sulfonamides is 1. The van der Waals surface area contributed by atoms with Crippen molar-refractivity contribution in [1.82, 2.24) is 9.29 Å². The summed E-state index contributed by atoms with van der Waals surface area (Å²) in [6.45, 7) is 3.93. The Hall–Kier alpha value is -1.02. The van der Waals surface area contributed by atoms with Crippen LogP contribution in [0.2, 0.25) is 0 Å². The van der Waals surface area contributed by atoms with E-state index in [0.717, 1.165) is 24.8 Å². The second-order valence-electron chi connectivity index (χ2n) is 6.29. The summed E-state index contributed by atoms with van der Waals surface area (Å²) in [6.07, 6.45) is 5.95. The van der Waals surface area contributed by atoms with E-state index in [1.807, 2.05) is 12.1 Å². The van der Waals surface area contributed by atoms with Gasteiger partial charge in [-0.15, -0.1) is 0 Å². The Labute approximate surface area is 137 Å². The van der Waals surface area contributed by atoms with Crippen LogP contribution < -0.4 is 0 Å². The van der Waals surface area contributed by atoms with Crippen molar-refractivity contribution in [3.05, 3.63) is 30.1 Å². The molecular weight excluding hydrogens is 316 g/mol. The monoisotopic (exact) mass is 340 g/mol. The lowest BCUT2D eigenvalue weighted by Crippen LogP contribution is -2.47. The number of rotatable bonds is 5. The zero-order valence-electron chi connectivity index (χ0n) is 13.5. The van der Waals surface area contributed by atoms with Crippen LogP contribution in [0, 0.1) is 0 Å². The lowest BCUT2D eigenvalue weighted by Gasteiger charge is -2.37. The first kappa shape index (κ1) is 16.8. The van der Waals surface area contributed by atoms with Crippen LogP contribution in [0.4, 0.5) is 0 Å². The van der Waals surface area contributed by atoms with E-state index in [9.17, 15) is 8.42 Å². The largest absolute Gasteiger partial charge is 0.372 e. The summed E-state index contributed by atoms with van der Waals surface area (Å²) in [7, 11) is -3.09. The fraction of sp³-hybridized carbons (Fsp3) is 0.688. The Morgan fingerprint density at radius 1 is 1.35 bits per heavy atom. The van der Waals surface area contributed by atoms with Gasteiger partial charge in [0.1, 0.15) is 0 Å². The summed E-state index contributed by atoms with van der Waals surface area (Å²) in [5.74, 6) is 0.165. The van der Waals surface area contributed by atoms with Gasteiger partial charge in [-0.05, 0) is 37.5 Å². The molecule has 7 heteroatoms. The van der Waals surface area contributed by atoms with E-state index < -0.39 is 10.0 Å². The molecule has 128 valence electrons. The van der Waals surface area contributed by atoms with Gasteiger partial charge in [-0.1, -0.05) is 0 Å². The van der Waals surface area contributed by atoms with E-state index >= 15 is 0 Å². The van der Waals surface area contributed by atoms with Gasteiger partial charge >= 0.3 is 0 Å². The van der Waals surface area contributed by atoms with Gasteiger partial charge in [0.2, 0.25) is 10.0 Å². The maximum atomic E-state index is 11.9. The first-order valence-electron chi connectivity index (χ1n) is 8.15. The minimum atomic E-state index is -3.09. The van der Waals surface area contributed by atoms with Gasteiger partial charge in [-0.3, -0.25) is 4.98 Å². The van der Waals surface area contributed by atoms with Crippen molar-refractivity contribution in [2.24, 2.45) is 0 Å². The van der Waals surface area contributed by atoms with Crippen LogP contribution in [-0.4, -0.2) is 54.9 Å². The Balaban J connectivity index is 1.50. The highest BCUT2D eigenvalue weighted by molar-refractivity contribution is 7.89. The van der Waals surface area contributed by atoms with Gasteiger partial charge in [-0.2, -0.15) is 0 Å². The van der Waals surface area contributed by atoms with E-state index in [1.165, 1.54) is 0 Å². The highest BCUT2D eigenvalue weighted by atomic mass is 32.2. The smallest absolute Gasteiger partial charge is 0.213 e. The zero-order valence-corrected chi connectivity index (χ0v) is 14.3. The topological polar surface area (TPSA) is 68.7 Å². The van der Waals surface area contributed by atoms with Crippen LogP contribution in [0.5, 0.6) is 0 Å². The molecule has 3 rings (SSSR count). The van der Waals surface area contributed by atoms with Gasteiger partial charge < -0.3 is 9.47 Å². The van der Waals surface area contributed by atoms with Crippen molar-refractivity contribution in [3.8, 4) is 0 Å². The van der Waals surface area contributed by atoms with Crippen LogP contribution >= 0.6 is 0 Å². The lowest BCUT2D eigenvalue weighted by molar-refractivity contribution is -0.0343. The fourth-order valence-electron chi connectivity index (χ4n) is 3.31. The van der Waals surface area contributed by atoms with Crippen molar-refractivity contribution < 1.29 is 17.9 Å². The Bertz CT molecular complexity index is 612. The molecule has 3 heterocycles. The summed E-state index contributed by atoms with van der Waals surface area (Å²) >= 11 is 0. The minimum Gasteiger partial charge on any atom is -0.372 e. The maximum Gasteiger partial charge on any atom is 0.213 e. The van der Waals surface area contributed by atoms with Gasteiger partial charge in [0, 0.05) is 31.9 Å². The molecular formula is C16H24N2O4S. The molecule has 0 radical (unpaired) electrons. The average molecular weight is 340 g/mol. The second-order valence-corrected chi connectivity index (χ2v) is 8.54. The van der Waals surface area contributed by atoms with E-state index in [1.54, 1.807) is 23.6 Å². The van der Waals surface area contributed by atoms with E-state index in [2.05, 4.69) is 4.98 Å². The molecule has 0 saturated carbocycles. The Kier molecular flexibility index (Phi) is 5.01. The molecule has 2 aliphatic rings. The summed E-state index contributed by atoms with van der Waals surface area (Å²) in [4.78, 5) is 3.99. The summed E-state index contributed by atoms with van der Waals surface area (Å²) in [5, 5.41) is 0. The number of piperidine rings is 1. The maximum absolute atomic E-state index is 11.9. The molecule has 23 heavy (non-hydrogen) atoms. The summed E-state index contributed by atoms with van der Waals surface area (Å²) < 4.78 is 37.4. The summed E-state index contributed by atoms with van der Waals surface area (Å²) in [6, 6.07) is 3.89. The van der Waals surface area contributed by atoms with Crippen LogP contribution in [0.3, 0.4) is 0 Å². The van der Waals surface area contributed by atoms with E-state index in [-0.39, 0.29) is 17.5 Å². The molecule has 2 saturated heterocycles.